The summed E-state index contributed by atoms with van der Waals surface area (Å²) in [6.45, 7) is 1.54. The van der Waals surface area contributed by atoms with Gasteiger partial charge in [-0.2, -0.15) is 8.42 Å². The van der Waals surface area contributed by atoms with Crippen LogP contribution >= 0.6 is 11.6 Å². The second-order valence-electron chi connectivity index (χ2n) is 5.81. The van der Waals surface area contributed by atoms with Gasteiger partial charge >= 0.3 is 10.4 Å². The standard InChI is InChI=1S/C18H26ClN3O.H2O4S/c1-3-22(11-12-23)10-4-5-14(2)21-17-8-9-20-18-13-15(19)6-7-16(17)18;1-5(2,3)4/h6-9,13-14,23H,3-5,10-12H2,1-2H3,(H,20,21);(H2,1,2,3,4)/i4D2,10D2;. The summed E-state index contributed by atoms with van der Waals surface area (Å²) in [5.74, 6) is 0. The second-order valence-corrected chi connectivity index (χ2v) is 7.14. The maximum Gasteiger partial charge on any atom is 0.394 e. The number of rotatable bonds is 9. The van der Waals surface area contributed by atoms with Crippen molar-refractivity contribution in [3.8, 4) is 0 Å². The van der Waals surface area contributed by atoms with Crippen LogP contribution in [0.5, 0.6) is 0 Å². The number of likely N-dealkylation sites (N-methyl/N-ethyl adjacent to an activating group) is 1. The number of aromatic nitrogens is 1. The molecule has 0 radical (unpaired) electrons. The van der Waals surface area contributed by atoms with Crippen molar-refractivity contribution in [2.75, 3.05) is 31.5 Å². The summed E-state index contributed by atoms with van der Waals surface area (Å²) >= 11 is 6.01. The zero-order valence-corrected chi connectivity index (χ0v) is 17.2. The van der Waals surface area contributed by atoms with Crippen molar-refractivity contribution in [1.29, 1.82) is 0 Å². The molecule has 1 aromatic heterocycles. The molecule has 158 valence electrons. The number of fused-ring (bicyclic) bond motifs is 1. The zero-order valence-electron chi connectivity index (χ0n) is 19.6. The van der Waals surface area contributed by atoms with E-state index >= 15 is 0 Å². The number of pyridine rings is 1. The third-order valence-electron chi connectivity index (χ3n) is 3.50. The van der Waals surface area contributed by atoms with Crippen molar-refractivity contribution in [2.24, 2.45) is 0 Å². The van der Waals surface area contributed by atoms with Gasteiger partial charge < -0.3 is 15.3 Å². The first kappa shape index (κ1) is 18.5. The Labute approximate surface area is 176 Å². The molecule has 0 bridgehead atoms. The molecule has 28 heavy (non-hydrogen) atoms. The number of nitrogens with zero attached hydrogens (tertiary/aromatic N) is 2. The van der Waals surface area contributed by atoms with Gasteiger partial charge in [-0.3, -0.25) is 14.1 Å². The van der Waals surface area contributed by atoms with E-state index in [0.29, 0.717) is 11.6 Å². The van der Waals surface area contributed by atoms with Gasteiger partial charge in [0.1, 0.15) is 0 Å². The molecule has 1 heterocycles. The van der Waals surface area contributed by atoms with Crippen LogP contribution < -0.4 is 5.32 Å². The number of hydrogen-bond donors (Lipinski definition) is 4. The van der Waals surface area contributed by atoms with E-state index < -0.39 is 23.3 Å². The summed E-state index contributed by atoms with van der Waals surface area (Å²) in [5.41, 5.74) is 1.53. The first-order valence-electron chi connectivity index (χ1n) is 10.5. The lowest BCUT2D eigenvalue weighted by Gasteiger charge is -2.21. The number of anilines is 1. The van der Waals surface area contributed by atoms with Gasteiger partial charge in [-0.15, -0.1) is 0 Å². The zero-order chi connectivity index (χ0) is 24.7. The van der Waals surface area contributed by atoms with Crippen molar-refractivity contribution in [2.45, 2.75) is 32.7 Å². The number of aliphatic hydroxyl groups excluding tert-OH is 1. The summed E-state index contributed by atoms with van der Waals surface area (Å²) in [6.07, 6.45) is -0.502. The quantitative estimate of drug-likeness (QED) is 0.441. The lowest BCUT2D eigenvalue weighted by Crippen LogP contribution is -2.28. The Morgan fingerprint density at radius 3 is 2.64 bits per heavy atom. The summed E-state index contributed by atoms with van der Waals surface area (Å²) in [4.78, 5) is 5.61. The van der Waals surface area contributed by atoms with E-state index in [0.717, 1.165) is 16.6 Å². The first-order chi connectivity index (χ1) is 14.6. The third kappa shape index (κ3) is 10.2. The van der Waals surface area contributed by atoms with Gasteiger partial charge in [0.05, 0.1) is 12.1 Å². The Balaban J connectivity index is 0.000000920. The fourth-order valence-electron chi connectivity index (χ4n) is 2.29. The van der Waals surface area contributed by atoms with Crippen LogP contribution in [0, 0.1) is 0 Å². The molecule has 1 aromatic carbocycles. The molecular weight excluding hydrogens is 406 g/mol. The van der Waals surface area contributed by atoms with Crippen LogP contribution in [-0.4, -0.2) is 64.7 Å². The molecule has 2 aromatic rings. The highest BCUT2D eigenvalue weighted by Gasteiger charge is 2.08. The van der Waals surface area contributed by atoms with Crippen LogP contribution in [0.2, 0.25) is 5.02 Å². The van der Waals surface area contributed by atoms with Gasteiger partial charge in [0, 0.05) is 40.4 Å². The van der Waals surface area contributed by atoms with E-state index in [1.165, 1.54) is 4.90 Å². The van der Waals surface area contributed by atoms with Gasteiger partial charge in [-0.05, 0) is 57.0 Å². The number of hydrogen-bond acceptors (Lipinski definition) is 6. The number of benzene rings is 1. The maximum absolute atomic E-state index is 9.14. The van der Waals surface area contributed by atoms with E-state index in [2.05, 4.69) is 10.3 Å². The molecule has 0 fully saturated rings. The van der Waals surface area contributed by atoms with Crippen LogP contribution in [0.15, 0.2) is 30.5 Å². The summed E-state index contributed by atoms with van der Waals surface area (Å²) < 4.78 is 64.8. The smallest absolute Gasteiger partial charge is 0.394 e. The van der Waals surface area contributed by atoms with Crippen molar-refractivity contribution in [1.82, 2.24) is 9.88 Å². The molecule has 1 unspecified atom stereocenters. The molecule has 8 nitrogen and oxygen atoms in total. The van der Waals surface area contributed by atoms with Gasteiger partial charge in [0.25, 0.3) is 0 Å². The maximum atomic E-state index is 9.14. The van der Waals surface area contributed by atoms with E-state index in [1.54, 1.807) is 31.3 Å². The van der Waals surface area contributed by atoms with Crippen LogP contribution in [0.3, 0.4) is 0 Å². The molecule has 2 rings (SSSR count). The number of halogens is 1. The molecule has 0 amide bonds. The fourth-order valence-corrected chi connectivity index (χ4v) is 2.45. The van der Waals surface area contributed by atoms with Crippen LogP contribution in [0.4, 0.5) is 5.69 Å². The number of nitrogens with one attached hydrogen (secondary N) is 1. The summed E-state index contributed by atoms with van der Waals surface area (Å²) in [6, 6.07) is 6.87. The molecule has 1 atom stereocenters. The Hall–Kier alpha value is -1.49. The second kappa shape index (κ2) is 12.2. The van der Waals surface area contributed by atoms with E-state index in [1.807, 2.05) is 13.0 Å². The van der Waals surface area contributed by atoms with E-state index in [9.17, 15) is 0 Å². The van der Waals surface area contributed by atoms with E-state index in [-0.39, 0.29) is 25.6 Å². The molecule has 0 saturated carbocycles. The largest absolute Gasteiger partial charge is 0.395 e. The van der Waals surface area contributed by atoms with Crippen molar-refractivity contribution in [3.63, 3.8) is 0 Å². The molecule has 4 N–H and O–H groups in total. The topological polar surface area (TPSA) is 123 Å². The Morgan fingerprint density at radius 1 is 1.36 bits per heavy atom. The predicted molar refractivity (Wildman–Crippen MR) is 112 cm³/mol. The van der Waals surface area contributed by atoms with Gasteiger partial charge in [-0.25, -0.2) is 0 Å². The molecular formula is C18H28ClN3O5S. The Bertz CT molecular complexity index is 990. The van der Waals surface area contributed by atoms with Crippen molar-refractivity contribution >= 4 is 38.6 Å². The van der Waals surface area contributed by atoms with Gasteiger partial charge in [0.15, 0.2) is 0 Å². The minimum Gasteiger partial charge on any atom is -0.395 e. The Kier molecular flexibility index (Phi) is 8.04. The predicted octanol–water partition coefficient (Wildman–Crippen LogP) is 3.13. The van der Waals surface area contributed by atoms with Crippen molar-refractivity contribution in [3.05, 3.63) is 35.5 Å². The fraction of sp³-hybridized carbons (Fsp3) is 0.500. The lowest BCUT2D eigenvalue weighted by atomic mass is 10.1. The first-order valence-corrected chi connectivity index (χ1v) is 10.3. The van der Waals surface area contributed by atoms with Crippen LogP contribution in [-0.2, 0) is 10.4 Å². The summed E-state index contributed by atoms with van der Waals surface area (Å²) in [7, 11) is -4.67. The molecule has 0 spiro atoms. The minimum atomic E-state index is -4.67. The Morgan fingerprint density at radius 2 is 2.04 bits per heavy atom. The molecule has 0 aliphatic heterocycles. The average molecular weight is 438 g/mol. The van der Waals surface area contributed by atoms with Crippen LogP contribution in [0.1, 0.15) is 32.1 Å². The normalized spacial score (nSPS) is 15.7. The molecule has 0 saturated heterocycles. The van der Waals surface area contributed by atoms with Gasteiger partial charge in [0.2, 0.25) is 0 Å². The SMILES string of the molecule is O=S(=O)(O)O.[2H]C([2H])(CC(C)Nc1ccnc2cc(Cl)ccc12)C([2H])([2H])N(CC)CCO. The molecule has 10 heteroatoms. The highest BCUT2D eigenvalue weighted by Crippen LogP contribution is 2.25. The molecule has 0 aliphatic rings. The lowest BCUT2D eigenvalue weighted by molar-refractivity contribution is 0.199. The van der Waals surface area contributed by atoms with E-state index in [4.69, 9.17) is 39.7 Å². The highest BCUT2D eigenvalue weighted by atomic mass is 35.5. The minimum absolute atomic E-state index is 0.0423. The number of aliphatic hydroxyl groups is 1. The molecule has 0 aliphatic carbocycles. The monoisotopic (exact) mass is 437 g/mol. The van der Waals surface area contributed by atoms with Crippen LogP contribution in [0.25, 0.3) is 10.9 Å². The highest BCUT2D eigenvalue weighted by molar-refractivity contribution is 7.79. The third-order valence-corrected chi connectivity index (χ3v) is 3.74. The summed E-state index contributed by atoms with van der Waals surface area (Å²) in [5, 5.41) is 13.9. The van der Waals surface area contributed by atoms with Crippen molar-refractivity contribution < 1.29 is 28.1 Å². The van der Waals surface area contributed by atoms with Gasteiger partial charge in [-0.1, -0.05) is 18.5 Å². The average Bonchev–Trinajstić information content (AvgIpc) is 2.63.